The molecule has 1 saturated heterocycles. The van der Waals surface area contributed by atoms with E-state index in [0.717, 1.165) is 12.8 Å². The lowest BCUT2D eigenvalue weighted by atomic mass is 10.1. The van der Waals surface area contributed by atoms with Crippen molar-refractivity contribution in [2.45, 2.75) is 25.9 Å². The lowest BCUT2D eigenvalue weighted by Gasteiger charge is -2.32. The molecular weight excluding hydrogens is 300 g/mol. The van der Waals surface area contributed by atoms with Gasteiger partial charge in [0.1, 0.15) is 17.4 Å². The van der Waals surface area contributed by atoms with Crippen LogP contribution in [0.15, 0.2) is 23.1 Å². The van der Waals surface area contributed by atoms with Crippen LogP contribution in [-0.4, -0.2) is 52.2 Å². The second kappa shape index (κ2) is 6.64. The number of amides is 1. The summed E-state index contributed by atoms with van der Waals surface area (Å²) < 4.78 is 16.0. The zero-order valence-corrected chi connectivity index (χ0v) is 13.1. The first-order chi connectivity index (χ1) is 11.2. The highest BCUT2D eigenvalue weighted by Crippen LogP contribution is 2.24. The Balaban J connectivity index is 1.69. The molecule has 1 fully saturated rings. The highest BCUT2D eigenvalue weighted by Gasteiger charge is 2.28. The number of likely N-dealkylation sites (tertiary alicyclic amines) is 1. The number of methoxy groups -OCH3 is 1. The standard InChI is InChI=1S/C15H18N4O4/c1-10-12(8-18-23-10)15(20)19-7-3-4-11(9-19)22-14-13(21-2)16-5-6-17-14/h5-6,8,11H,3-4,7,9H2,1-2H3/t11-/m1/s1. The first kappa shape index (κ1) is 15.3. The summed E-state index contributed by atoms with van der Waals surface area (Å²) in [4.78, 5) is 22.5. The molecule has 122 valence electrons. The molecule has 0 radical (unpaired) electrons. The fourth-order valence-electron chi connectivity index (χ4n) is 2.58. The predicted molar refractivity (Wildman–Crippen MR) is 79.4 cm³/mol. The molecule has 1 aliphatic rings. The summed E-state index contributed by atoms with van der Waals surface area (Å²) in [7, 11) is 1.52. The van der Waals surface area contributed by atoms with Crippen LogP contribution >= 0.6 is 0 Å². The molecule has 3 heterocycles. The molecule has 3 rings (SSSR count). The summed E-state index contributed by atoms with van der Waals surface area (Å²) in [5.41, 5.74) is 0.489. The Labute approximate surface area is 133 Å². The van der Waals surface area contributed by atoms with Crippen molar-refractivity contribution in [1.82, 2.24) is 20.0 Å². The molecule has 0 bridgehead atoms. The molecule has 2 aromatic rings. The van der Waals surface area contributed by atoms with Gasteiger partial charge in [0.2, 0.25) is 0 Å². The van der Waals surface area contributed by atoms with Gasteiger partial charge in [-0.2, -0.15) is 0 Å². The molecule has 1 aliphatic heterocycles. The summed E-state index contributed by atoms with van der Waals surface area (Å²) in [5, 5.41) is 3.66. The molecule has 1 amide bonds. The van der Waals surface area contributed by atoms with Crippen LogP contribution in [0.1, 0.15) is 29.0 Å². The number of aryl methyl sites for hydroxylation is 1. The van der Waals surface area contributed by atoms with Gasteiger partial charge < -0.3 is 18.9 Å². The van der Waals surface area contributed by atoms with Gasteiger partial charge in [-0.1, -0.05) is 5.16 Å². The maximum Gasteiger partial charge on any atom is 0.278 e. The van der Waals surface area contributed by atoms with E-state index in [9.17, 15) is 4.79 Å². The van der Waals surface area contributed by atoms with Gasteiger partial charge in [-0.3, -0.25) is 4.79 Å². The van der Waals surface area contributed by atoms with Gasteiger partial charge in [0, 0.05) is 18.9 Å². The van der Waals surface area contributed by atoms with Crippen LogP contribution in [0.2, 0.25) is 0 Å². The molecule has 0 spiro atoms. The summed E-state index contributed by atoms with van der Waals surface area (Å²) in [5.74, 6) is 1.11. The summed E-state index contributed by atoms with van der Waals surface area (Å²) in [6, 6.07) is 0. The first-order valence-electron chi connectivity index (χ1n) is 7.41. The maximum atomic E-state index is 12.5. The first-order valence-corrected chi connectivity index (χ1v) is 7.41. The molecule has 23 heavy (non-hydrogen) atoms. The number of hydrogen-bond donors (Lipinski definition) is 0. The van der Waals surface area contributed by atoms with E-state index < -0.39 is 0 Å². The van der Waals surface area contributed by atoms with Gasteiger partial charge in [-0.25, -0.2) is 9.97 Å². The van der Waals surface area contributed by atoms with E-state index in [1.165, 1.54) is 19.5 Å². The van der Waals surface area contributed by atoms with E-state index in [1.54, 1.807) is 18.0 Å². The Morgan fingerprint density at radius 3 is 2.83 bits per heavy atom. The van der Waals surface area contributed by atoms with Gasteiger partial charge >= 0.3 is 0 Å². The van der Waals surface area contributed by atoms with Gasteiger partial charge in [-0.05, 0) is 19.8 Å². The summed E-state index contributed by atoms with van der Waals surface area (Å²) in [6.45, 7) is 2.88. The molecule has 0 aromatic carbocycles. The smallest absolute Gasteiger partial charge is 0.278 e. The number of hydrogen-bond acceptors (Lipinski definition) is 7. The Morgan fingerprint density at radius 2 is 2.13 bits per heavy atom. The van der Waals surface area contributed by atoms with Crippen molar-refractivity contribution in [2.24, 2.45) is 0 Å². The minimum Gasteiger partial charge on any atom is -0.477 e. The number of nitrogens with zero attached hydrogens (tertiary/aromatic N) is 4. The minimum atomic E-state index is -0.154. The molecule has 0 aliphatic carbocycles. The van der Waals surface area contributed by atoms with Crippen molar-refractivity contribution in [1.29, 1.82) is 0 Å². The van der Waals surface area contributed by atoms with Crippen molar-refractivity contribution >= 4 is 5.91 Å². The van der Waals surface area contributed by atoms with Crippen molar-refractivity contribution in [2.75, 3.05) is 20.2 Å². The SMILES string of the molecule is COc1nccnc1O[C@@H]1CCCN(C(=O)c2cnoc2C)C1. The fourth-order valence-corrected chi connectivity index (χ4v) is 2.58. The van der Waals surface area contributed by atoms with Gasteiger partial charge in [0.05, 0.1) is 19.9 Å². The van der Waals surface area contributed by atoms with Gasteiger partial charge in [-0.15, -0.1) is 0 Å². The summed E-state index contributed by atoms with van der Waals surface area (Å²) in [6.07, 6.45) is 6.07. The Hall–Kier alpha value is -2.64. The highest BCUT2D eigenvalue weighted by atomic mass is 16.5. The van der Waals surface area contributed by atoms with Crippen molar-refractivity contribution in [3.63, 3.8) is 0 Å². The number of ether oxygens (including phenoxy) is 2. The summed E-state index contributed by atoms with van der Waals surface area (Å²) >= 11 is 0. The molecule has 1 atom stereocenters. The van der Waals surface area contributed by atoms with Crippen LogP contribution in [0.4, 0.5) is 0 Å². The number of carbonyl (C=O) groups excluding carboxylic acids is 1. The lowest BCUT2D eigenvalue weighted by molar-refractivity contribution is 0.0517. The topological polar surface area (TPSA) is 90.6 Å². The Morgan fingerprint density at radius 1 is 1.35 bits per heavy atom. The predicted octanol–water partition coefficient (Wildman–Crippen LogP) is 1.47. The largest absolute Gasteiger partial charge is 0.477 e. The Kier molecular flexibility index (Phi) is 4.40. The van der Waals surface area contributed by atoms with Crippen molar-refractivity contribution in [3.05, 3.63) is 29.9 Å². The number of rotatable bonds is 4. The molecule has 8 heteroatoms. The lowest BCUT2D eigenvalue weighted by Crippen LogP contribution is -2.44. The third kappa shape index (κ3) is 3.25. The minimum absolute atomic E-state index is 0.0943. The second-order valence-electron chi connectivity index (χ2n) is 5.30. The molecule has 8 nitrogen and oxygen atoms in total. The van der Waals surface area contributed by atoms with Crippen LogP contribution in [0.5, 0.6) is 11.8 Å². The molecule has 0 unspecified atom stereocenters. The van der Waals surface area contributed by atoms with Crippen LogP contribution in [0.3, 0.4) is 0 Å². The molecule has 0 N–H and O–H groups in total. The van der Waals surface area contributed by atoms with Crippen LogP contribution in [0, 0.1) is 6.92 Å². The Bertz CT molecular complexity index is 688. The van der Waals surface area contributed by atoms with Crippen molar-refractivity contribution < 1.29 is 18.8 Å². The molecule has 0 saturated carbocycles. The monoisotopic (exact) mass is 318 g/mol. The van der Waals surface area contributed by atoms with E-state index in [-0.39, 0.29) is 12.0 Å². The second-order valence-corrected chi connectivity index (χ2v) is 5.30. The van der Waals surface area contributed by atoms with E-state index in [0.29, 0.717) is 36.2 Å². The third-order valence-corrected chi connectivity index (χ3v) is 3.75. The number of piperidine rings is 1. The average molecular weight is 318 g/mol. The maximum absolute atomic E-state index is 12.5. The van der Waals surface area contributed by atoms with Gasteiger partial charge in [0.25, 0.3) is 17.7 Å². The van der Waals surface area contributed by atoms with Crippen LogP contribution in [-0.2, 0) is 0 Å². The zero-order valence-electron chi connectivity index (χ0n) is 13.1. The van der Waals surface area contributed by atoms with E-state index >= 15 is 0 Å². The normalized spacial score (nSPS) is 17.8. The van der Waals surface area contributed by atoms with E-state index in [1.807, 2.05) is 0 Å². The zero-order chi connectivity index (χ0) is 16.2. The van der Waals surface area contributed by atoms with Crippen LogP contribution < -0.4 is 9.47 Å². The van der Waals surface area contributed by atoms with E-state index in [4.69, 9.17) is 14.0 Å². The number of aromatic nitrogens is 3. The average Bonchev–Trinajstić information content (AvgIpc) is 3.01. The molecule has 2 aromatic heterocycles. The fraction of sp³-hybridized carbons (Fsp3) is 0.467. The quantitative estimate of drug-likeness (QED) is 0.843. The molecular formula is C15H18N4O4. The number of carbonyl (C=O) groups is 1. The van der Waals surface area contributed by atoms with E-state index in [2.05, 4.69) is 15.1 Å². The van der Waals surface area contributed by atoms with Crippen LogP contribution in [0.25, 0.3) is 0 Å². The van der Waals surface area contributed by atoms with Gasteiger partial charge in [0.15, 0.2) is 0 Å². The highest BCUT2D eigenvalue weighted by molar-refractivity contribution is 5.94. The third-order valence-electron chi connectivity index (χ3n) is 3.75. The van der Waals surface area contributed by atoms with Crippen molar-refractivity contribution in [3.8, 4) is 11.8 Å².